The summed E-state index contributed by atoms with van der Waals surface area (Å²) in [4.78, 5) is 41.3. The number of aromatic nitrogens is 1. The first-order chi connectivity index (χ1) is 14.8. The number of carbonyl (C=O) groups is 3. The van der Waals surface area contributed by atoms with Crippen LogP contribution in [0.25, 0.3) is 11.3 Å². The van der Waals surface area contributed by atoms with E-state index in [4.69, 9.17) is 16.6 Å². The molecule has 1 atom stereocenters. The van der Waals surface area contributed by atoms with E-state index in [1.807, 2.05) is 6.92 Å². The highest BCUT2D eigenvalue weighted by Crippen LogP contribution is 2.32. The summed E-state index contributed by atoms with van der Waals surface area (Å²) in [5.41, 5.74) is 14.8. The molecule has 0 radical (unpaired) electrons. The number of carbonyl (C=O) groups excluding carboxylic acids is 2. The number of fused-ring (bicyclic) bond motifs is 1. The Kier molecular flexibility index (Phi) is 6.20. The zero-order chi connectivity index (χ0) is 22.7. The minimum absolute atomic E-state index is 0.0625. The zero-order valence-electron chi connectivity index (χ0n) is 17.1. The third kappa shape index (κ3) is 4.33. The number of primary amides is 1. The van der Waals surface area contributed by atoms with Gasteiger partial charge >= 0.3 is 5.97 Å². The second-order valence-electron chi connectivity index (χ2n) is 7.45. The van der Waals surface area contributed by atoms with Crippen LogP contribution in [-0.4, -0.2) is 38.8 Å². The average Bonchev–Trinajstić information content (AvgIpc) is 3.03. The SMILES string of the molecule is CCCc1cc(N)nc(-c2ccc3c(c2)CN(C(CCC(=O)O)C(N)=O)C3=O)c1C#N. The minimum Gasteiger partial charge on any atom is -0.481 e. The van der Waals surface area contributed by atoms with E-state index >= 15 is 0 Å². The minimum atomic E-state index is -1.07. The van der Waals surface area contributed by atoms with E-state index in [1.165, 1.54) is 4.90 Å². The molecule has 1 aromatic heterocycles. The standard InChI is InChI=1S/C22H23N5O4/c1-2-3-12-9-18(24)26-20(16(12)10-23)13-4-5-15-14(8-13)11-27(22(15)31)17(21(25)30)6-7-19(28)29/h4-5,8-9,17H,2-3,6-7,11H2,1H3,(H2,24,26)(H2,25,30)(H,28,29). The number of nitrogen functional groups attached to an aromatic ring is 1. The molecule has 0 fully saturated rings. The monoisotopic (exact) mass is 421 g/mol. The number of nitriles is 1. The Bertz CT molecular complexity index is 1110. The van der Waals surface area contributed by atoms with E-state index in [9.17, 15) is 19.6 Å². The van der Waals surface area contributed by atoms with E-state index in [2.05, 4.69) is 11.1 Å². The zero-order valence-corrected chi connectivity index (χ0v) is 17.1. The molecular weight excluding hydrogens is 398 g/mol. The average molecular weight is 421 g/mol. The van der Waals surface area contributed by atoms with Crippen molar-refractivity contribution in [2.75, 3.05) is 5.73 Å². The Labute approximate surface area is 179 Å². The van der Waals surface area contributed by atoms with E-state index in [0.29, 0.717) is 40.2 Å². The summed E-state index contributed by atoms with van der Waals surface area (Å²) < 4.78 is 0. The Morgan fingerprint density at radius 3 is 2.71 bits per heavy atom. The van der Waals surface area contributed by atoms with Crippen molar-refractivity contribution in [2.24, 2.45) is 5.73 Å². The molecule has 1 aliphatic heterocycles. The number of aliphatic carboxylic acids is 1. The molecular formula is C22H23N5O4. The van der Waals surface area contributed by atoms with Crippen LogP contribution in [0.4, 0.5) is 5.82 Å². The summed E-state index contributed by atoms with van der Waals surface area (Å²) in [6.45, 7) is 2.12. The van der Waals surface area contributed by atoms with Gasteiger partial charge in [-0.15, -0.1) is 0 Å². The number of aryl methyl sites for hydroxylation is 1. The van der Waals surface area contributed by atoms with Gasteiger partial charge in [-0.2, -0.15) is 5.26 Å². The number of carboxylic acids is 1. The summed E-state index contributed by atoms with van der Waals surface area (Å²) >= 11 is 0. The largest absolute Gasteiger partial charge is 0.481 e. The molecule has 1 unspecified atom stereocenters. The molecule has 2 heterocycles. The second-order valence-corrected chi connectivity index (χ2v) is 7.45. The Balaban J connectivity index is 1.99. The molecule has 9 heteroatoms. The summed E-state index contributed by atoms with van der Waals surface area (Å²) in [5, 5.41) is 18.6. The number of anilines is 1. The number of nitrogens with zero attached hydrogens (tertiary/aromatic N) is 3. The number of pyridine rings is 1. The van der Waals surface area contributed by atoms with Crippen molar-refractivity contribution in [1.82, 2.24) is 9.88 Å². The maximum absolute atomic E-state index is 12.8. The van der Waals surface area contributed by atoms with Gasteiger partial charge in [0.05, 0.1) is 11.3 Å². The van der Waals surface area contributed by atoms with Gasteiger partial charge in [0.15, 0.2) is 0 Å². The quantitative estimate of drug-likeness (QED) is 0.585. The molecule has 1 aliphatic rings. The normalized spacial score (nSPS) is 13.5. The molecule has 3 rings (SSSR count). The number of nitrogens with two attached hydrogens (primary N) is 2. The maximum Gasteiger partial charge on any atom is 0.303 e. The van der Waals surface area contributed by atoms with Crippen molar-refractivity contribution in [3.8, 4) is 17.3 Å². The van der Waals surface area contributed by atoms with Gasteiger partial charge in [-0.1, -0.05) is 19.4 Å². The third-order valence-corrected chi connectivity index (χ3v) is 5.30. The highest BCUT2D eigenvalue weighted by Gasteiger charge is 2.36. The molecule has 0 bridgehead atoms. The van der Waals surface area contributed by atoms with Crippen LogP contribution < -0.4 is 11.5 Å². The van der Waals surface area contributed by atoms with E-state index < -0.39 is 17.9 Å². The van der Waals surface area contributed by atoms with Crippen molar-refractivity contribution >= 4 is 23.6 Å². The van der Waals surface area contributed by atoms with Gasteiger partial charge in [0, 0.05) is 24.1 Å². The number of hydrogen-bond acceptors (Lipinski definition) is 6. The molecule has 9 nitrogen and oxygen atoms in total. The smallest absolute Gasteiger partial charge is 0.303 e. The highest BCUT2D eigenvalue weighted by atomic mass is 16.4. The second kappa shape index (κ2) is 8.83. The van der Waals surface area contributed by atoms with Crippen molar-refractivity contribution < 1.29 is 19.5 Å². The van der Waals surface area contributed by atoms with Crippen LogP contribution >= 0.6 is 0 Å². The summed E-state index contributed by atoms with van der Waals surface area (Å²) in [6.07, 6.45) is 1.19. The Morgan fingerprint density at radius 1 is 1.35 bits per heavy atom. The lowest BCUT2D eigenvalue weighted by Crippen LogP contribution is -2.45. The lowest BCUT2D eigenvalue weighted by atomic mass is 9.96. The van der Waals surface area contributed by atoms with Gasteiger partial charge in [-0.25, -0.2) is 4.98 Å². The fraction of sp³-hybridized carbons (Fsp3) is 0.318. The fourth-order valence-corrected chi connectivity index (χ4v) is 3.87. The van der Waals surface area contributed by atoms with Gasteiger partial charge in [-0.3, -0.25) is 14.4 Å². The van der Waals surface area contributed by atoms with E-state index in [-0.39, 0.29) is 25.3 Å². The lowest BCUT2D eigenvalue weighted by molar-refractivity contribution is -0.137. The van der Waals surface area contributed by atoms with Crippen LogP contribution in [0.1, 0.15) is 53.2 Å². The number of carboxylic acid groups (broad SMARTS) is 1. The van der Waals surface area contributed by atoms with E-state index in [0.717, 1.165) is 12.0 Å². The molecule has 160 valence electrons. The first-order valence-corrected chi connectivity index (χ1v) is 9.91. The summed E-state index contributed by atoms with van der Waals surface area (Å²) in [6, 6.07) is 7.95. The topological polar surface area (TPSA) is 163 Å². The lowest BCUT2D eigenvalue weighted by Gasteiger charge is -2.24. The Hall–Kier alpha value is -3.93. The number of rotatable bonds is 8. The predicted molar refractivity (Wildman–Crippen MR) is 113 cm³/mol. The maximum atomic E-state index is 12.8. The fourth-order valence-electron chi connectivity index (χ4n) is 3.87. The number of amides is 2. The first kappa shape index (κ1) is 21.8. The Morgan fingerprint density at radius 2 is 2.10 bits per heavy atom. The van der Waals surface area contributed by atoms with Crippen LogP contribution in [0, 0.1) is 11.3 Å². The molecule has 2 aromatic rings. The van der Waals surface area contributed by atoms with Crippen molar-refractivity contribution in [1.29, 1.82) is 5.26 Å². The number of hydrogen-bond donors (Lipinski definition) is 3. The van der Waals surface area contributed by atoms with Gasteiger partial charge in [0.1, 0.15) is 17.9 Å². The summed E-state index contributed by atoms with van der Waals surface area (Å²) in [5.74, 6) is -1.91. The molecule has 0 aliphatic carbocycles. The van der Waals surface area contributed by atoms with Gasteiger partial charge < -0.3 is 21.5 Å². The van der Waals surface area contributed by atoms with Gasteiger partial charge in [-0.05, 0) is 42.2 Å². The molecule has 2 amide bonds. The highest BCUT2D eigenvalue weighted by molar-refractivity contribution is 6.01. The van der Waals surface area contributed by atoms with E-state index in [1.54, 1.807) is 24.3 Å². The van der Waals surface area contributed by atoms with Gasteiger partial charge in [0.25, 0.3) is 5.91 Å². The first-order valence-electron chi connectivity index (χ1n) is 9.91. The van der Waals surface area contributed by atoms with Crippen molar-refractivity contribution in [2.45, 2.75) is 45.2 Å². The molecule has 0 saturated carbocycles. The molecule has 1 aromatic carbocycles. The van der Waals surface area contributed by atoms with Crippen LogP contribution in [0.3, 0.4) is 0 Å². The van der Waals surface area contributed by atoms with Crippen LogP contribution in [-0.2, 0) is 22.6 Å². The van der Waals surface area contributed by atoms with Crippen molar-refractivity contribution in [3.63, 3.8) is 0 Å². The predicted octanol–water partition coefficient (Wildman–Crippen LogP) is 1.83. The van der Waals surface area contributed by atoms with Crippen molar-refractivity contribution in [3.05, 3.63) is 46.5 Å². The molecule has 5 N–H and O–H groups in total. The summed E-state index contributed by atoms with van der Waals surface area (Å²) in [7, 11) is 0. The van der Waals surface area contributed by atoms with Crippen LogP contribution in [0.15, 0.2) is 24.3 Å². The van der Waals surface area contributed by atoms with Crippen LogP contribution in [0.5, 0.6) is 0 Å². The number of benzene rings is 1. The molecule has 0 saturated heterocycles. The third-order valence-electron chi connectivity index (χ3n) is 5.30. The molecule has 31 heavy (non-hydrogen) atoms. The molecule has 0 spiro atoms. The van der Waals surface area contributed by atoms with Gasteiger partial charge in [0.2, 0.25) is 5.91 Å². The van der Waals surface area contributed by atoms with Crippen LogP contribution in [0.2, 0.25) is 0 Å².